The first kappa shape index (κ1) is 14.1. The molecule has 0 saturated heterocycles. The molecule has 0 fully saturated rings. The molecule has 2 heteroatoms. The first-order chi connectivity index (χ1) is 11.1. The second-order valence-corrected chi connectivity index (χ2v) is 6.61. The Morgan fingerprint density at radius 1 is 1.04 bits per heavy atom. The smallest absolute Gasteiger partial charge is 0.216 e. The topological polar surface area (TPSA) is 16.8 Å². The number of hydrogen-bond acceptors (Lipinski definition) is 1. The number of rotatable bonds is 1. The number of pyridine rings is 2. The van der Waals surface area contributed by atoms with Gasteiger partial charge in [0.05, 0.1) is 5.69 Å². The van der Waals surface area contributed by atoms with E-state index in [0.29, 0.717) is 0 Å². The van der Waals surface area contributed by atoms with Crippen LogP contribution in [0, 0.1) is 20.8 Å². The summed E-state index contributed by atoms with van der Waals surface area (Å²) in [7, 11) is 2.14. The van der Waals surface area contributed by atoms with Crippen molar-refractivity contribution in [1.82, 2.24) is 4.98 Å². The molecule has 2 aromatic heterocycles. The standard InChI is InChI=1S/C21H21N2/c1-13-10-14(2)15(3)18(11-13)21-19-12-16-6-5-8-22-20(16)17(19)7-9-23(21)4/h5-11H,12H2,1-4H3/q+1. The van der Waals surface area contributed by atoms with E-state index in [0.717, 1.165) is 12.1 Å². The highest BCUT2D eigenvalue weighted by molar-refractivity contribution is 5.80. The van der Waals surface area contributed by atoms with Gasteiger partial charge in [-0.2, -0.15) is 0 Å². The summed E-state index contributed by atoms with van der Waals surface area (Å²) in [5.74, 6) is 0. The third-order valence-corrected chi connectivity index (χ3v) is 5.01. The molecule has 0 amide bonds. The molecule has 0 aliphatic heterocycles. The molecule has 0 atom stereocenters. The molecular weight excluding hydrogens is 280 g/mol. The quantitative estimate of drug-likeness (QED) is 0.484. The SMILES string of the molecule is Cc1cc(C)c(C)c(-c2c3c(cc[n+]2C)-c2ncccc2C3)c1. The first-order valence-electron chi connectivity index (χ1n) is 8.10. The average molecular weight is 301 g/mol. The molecular formula is C21H21N2+. The maximum absolute atomic E-state index is 4.61. The lowest BCUT2D eigenvalue weighted by Crippen LogP contribution is -2.32. The minimum atomic E-state index is 0.967. The molecule has 0 spiro atoms. The van der Waals surface area contributed by atoms with E-state index in [4.69, 9.17) is 0 Å². The van der Waals surface area contributed by atoms with Crippen molar-refractivity contribution in [3.05, 3.63) is 70.5 Å². The van der Waals surface area contributed by atoms with Crippen molar-refractivity contribution in [2.75, 3.05) is 0 Å². The van der Waals surface area contributed by atoms with Gasteiger partial charge in [0.15, 0.2) is 6.20 Å². The lowest BCUT2D eigenvalue weighted by atomic mass is 9.93. The van der Waals surface area contributed by atoms with Crippen LogP contribution < -0.4 is 4.57 Å². The van der Waals surface area contributed by atoms with Crippen LogP contribution in [-0.2, 0) is 13.5 Å². The van der Waals surface area contributed by atoms with E-state index in [1.807, 2.05) is 12.3 Å². The number of hydrogen-bond donors (Lipinski definition) is 0. The summed E-state index contributed by atoms with van der Waals surface area (Å²) in [5, 5.41) is 0. The van der Waals surface area contributed by atoms with Crippen LogP contribution in [0.4, 0.5) is 0 Å². The van der Waals surface area contributed by atoms with Crippen molar-refractivity contribution in [2.24, 2.45) is 7.05 Å². The maximum atomic E-state index is 4.61. The zero-order chi connectivity index (χ0) is 16.1. The third-order valence-electron chi connectivity index (χ3n) is 5.01. The van der Waals surface area contributed by atoms with Gasteiger partial charge in [-0.05, 0) is 49.6 Å². The Bertz CT molecular complexity index is 939. The molecule has 1 aromatic carbocycles. The van der Waals surface area contributed by atoms with Crippen molar-refractivity contribution in [1.29, 1.82) is 0 Å². The fraction of sp³-hybridized carbons (Fsp3) is 0.238. The van der Waals surface area contributed by atoms with Crippen LogP contribution in [0.2, 0.25) is 0 Å². The van der Waals surface area contributed by atoms with Gasteiger partial charge in [-0.25, -0.2) is 4.57 Å². The van der Waals surface area contributed by atoms with E-state index in [-0.39, 0.29) is 0 Å². The highest BCUT2D eigenvalue weighted by atomic mass is 14.9. The van der Waals surface area contributed by atoms with Crippen molar-refractivity contribution in [3.63, 3.8) is 0 Å². The lowest BCUT2D eigenvalue weighted by molar-refractivity contribution is -0.660. The number of fused-ring (bicyclic) bond motifs is 3. The highest BCUT2D eigenvalue weighted by Gasteiger charge is 2.29. The van der Waals surface area contributed by atoms with Gasteiger partial charge < -0.3 is 0 Å². The second-order valence-electron chi connectivity index (χ2n) is 6.61. The number of nitrogens with zero attached hydrogens (tertiary/aromatic N) is 2. The van der Waals surface area contributed by atoms with Crippen LogP contribution in [0.3, 0.4) is 0 Å². The fourth-order valence-electron chi connectivity index (χ4n) is 3.76. The molecule has 1 aliphatic carbocycles. The molecule has 1 aliphatic rings. The minimum absolute atomic E-state index is 0.967. The van der Waals surface area contributed by atoms with Gasteiger partial charge in [-0.1, -0.05) is 17.7 Å². The maximum Gasteiger partial charge on any atom is 0.216 e. The van der Waals surface area contributed by atoms with Crippen molar-refractivity contribution < 1.29 is 4.57 Å². The number of benzene rings is 1. The lowest BCUT2D eigenvalue weighted by Gasteiger charge is -2.12. The van der Waals surface area contributed by atoms with Gasteiger partial charge in [-0.3, -0.25) is 4.98 Å². The van der Waals surface area contributed by atoms with E-state index >= 15 is 0 Å². The van der Waals surface area contributed by atoms with E-state index in [1.165, 1.54) is 44.6 Å². The van der Waals surface area contributed by atoms with Gasteiger partial charge >= 0.3 is 0 Å². The molecule has 4 rings (SSSR count). The minimum Gasteiger partial charge on any atom is -0.256 e. The van der Waals surface area contributed by atoms with Crippen molar-refractivity contribution >= 4 is 0 Å². The summed E-state index contributed by atoms with van der Waals surface area (Å²) < 4.78 is 2.26. The summed E-state index contributed by atoms with van der Waals surface area (Å²) in [5.41, 5.74) is 11.9. The Hall–Kier alpha value is -2.48. The molecule has 0 radical (unpaired) electrons. The van der Waals surface area contributed by atoms with Crippen LogP contribution >= 0.6 is 0 Å². The Balaban J connectivity index is 2.03. The zero-order valence-electron chi connectivity index (χ0n) is 14.1. The molecule has 0 saturated carbocycles. The number of aryl methyl sites for hydroxylation is 3. The van der Waals surface area contributed by atoms with Crippen LogP contribution in [0.1, 0.15) is 27.8 Å². The first-order valence-corrected chi connectivity index (χ1v) is 8.10. The van der Waals surface area contributed by atoms with E-state index in [2.05, 4.69) is 67.8 Å². The average Bonchev–Trinajstić information content (AvgIpc) is 2.89. The molecule has 0 bridgehead atoms. The van der Waals surface area contributed by atoms with Crippen LogP contribution in [-0.4, -0.2) is 4.98 Å². The van der Waals surface area contributed by atoms with Crippen LogP contribution in [0.15, 0.2) is 42.7 Å². The summed E-state index contributed by atoms with van der Waals surface area (Å²) in [6.45, 7) is 6.60. The molecule has 3 aromatic rings. The third kappa shape index (κ3) is 2.09. The Kier molecular flexibility index (Phi) is 3.08. The summed E-state index contributed by atoms with van der Waals surface area (Å²) in [4.78, 5) is 4.61. The molecule has 23 heavy (non-hydrogen) atoms. The Morgan fingerprint density at radius 2 is 1.87 bits per heavy atom. The molecule has 0 unspecified atom stereocenters. The van der Waals surface area contributed by atoms with E-state index < -0.39 is 0 Å². The molecule has 2 nitrogen and oxygen atoms in total. The molecule has 0 N–H and O–H groups in total. The molecule has 114 valence electrons. The van der Waals surface area contributed by atoms with Crippen LogP contribution in [0.5, 0.6) is 0 Å². The normalized spacial score (nSPS) is 12.2. The van der Waals surface area contributed by atoms with Gasteiger partial charge in [-0.15, -0.1) is 0 Å². The van der Waals surface area contributed by atoms with Crippen LogP contribution in [0.25, 0.3) is 22.5 Å². The van der Waals surface area contributed by atoms with Crippen molar-refractivity contribution in [3.8, 4) is 22.5 Å². The van der Waals surface area contributed by atoms with E-state index in [1.54, 1.807) is 0 Å². The van der Waals surface area contributed by atoms with Crippen molar-refractivity contribution in [2.45, 2.75) is 27.2 Å². The van der Waals surface area contributed by atoms with Gasteiger partial charge in [0.1, 0.15) is 7.05 Å². The summed E-state index contributed by atoms with van der Waals surface area (Å²) >= 11 is 0. The fourth-order valence-corrected chi connectivity index (χ4v) is 3.76. The predicted octanol–water partition coefficient (Wildman–Crippen LogP) is 4.07. The highest BCUT2D eigenvalue weighted by Crippen LogP contribution is 2.39. The van der Waals surface area contributed by atoms with Gasteiger partial charge in [0.2, 0.25) is 5.69 Å². The largest absolute Gasteiger partial charge is 0.256 e. The Labute approximate surface area is 137 Å². The number of aromatic nitrogens is 2. The zero-order valence-corrected chi connectivity index (χ0v) is 14.1. The summed E-state index contributed by atoms with van der Waals surface area (Å²) in [6, 6.07) is 11.0. The monoisotopic (exact) mass is 301 g/mol. The van der Waals surface area contributed by atoms with Gasteiger partial charge in [0.25, 0.3) is 0 Å². The Morgan fingerprint density at radius 3 is 2.70 bits per heavy atom. The predicted molar refractivity (Wildman–Crippen MR) is 93.3 cm³/mol. The summed E-state index contributed by atoms with van der Waals surface area (Å²) in [6.07, 6.45) is 5.02. The van der Waals surface area contributed by atoms with E-state index in [9.17, 15) is 0 Å². The molecule has 2 heterocycles. The van der Waals surface area contributed by atoms with Gasteiger partial charge in [0, 0.05) is 35.4 Å². The second kappa shape index (κ2) is 5.02.